The number of carbonyl (C=O) groups excluding carboxylic acids is 1. The van der Waals surface area contributed by atoms with E-state index in [0.717, 1.165) is 11.2 Å². The largest absolute Gasteiger partial charge is 0.482 e. The molecule has 9 nitrogen and oxygen atoms in total. The van der Waals surface area contributed by atoms with E-state index in [1.54, 1.807) is 28.9 Å². The van der Waals surface area contributed by atoms with Crippen molar-refractivity contribution >= 4 is 22.6 Å². The van der Waals surface area contributed by atoms with Gasteiger partial charge < -0.3 is 14.8 Å². The number of nitriles is 1. The number of nitrogens with one attached hydrogen (secondary N) is 1. The average molecular weight is 416 g/mol. The highest BCUT2D eigenvalue weighted by molar-refractivity contribution is 6.05. The maximum Gasteiger partial charge on any atom is 0.274 e. The Hall–Kier alpha value is -3.90. The van der Waals surface area contributed by atoms with Crippen LogP contribution in [0.5, 0.6) is 5.75 Å². The number of hydrogen-bond donors (Lipinski definition) is 1. The van der Waals surface area contributed by atoms with Gasteiger partial charge in [-0.1, -0.05) is 13.8 Å². The second-order valence-electron chi connectivity index (χ2n) is 7.79. The second kappa shape index (κ2) is 7.41. The average Bonchev–Trinajstić information content (AvgIpc) is 3.33. The minimum Gasteiger partial charge on any atom is -0.482 e. The molecule has 156 valence electrons. The van der Waals surface area contributed by atoms with Crippen LogP contribution in [0.15, 0.2) is 42.7 Å². The van der Waals surface area contributed by atoms with E-state index in [1.165, 1.54) is 10.7 Å². The molecule has 1 aliphatic rings. The molecule has 5 heterocycles. The fourth-order valence-corrected chi connectivity index (χ4v) is 3.39. The predicted octanol–water partition coefficient (Wildman–Crippen LogP) is 3.01. The van der Waals surface area contributed by atoms with Crippen molar-refractivity contribution < 1.29 is 14.3 Å². The number of hydrogen-bond acceptors (Lipinski definition) is 6. The van der Waals surface area contributed by atoms with Crippen molar-refractivity contribution in [2.75, 3.05) is 18.5 Å². The Balaban J connectivity index is 1.51. The molecule has 0 atom stereocenters. The zero-order valence-electron chi connectivity index (χ0n) is 17.1. The van der Waals surface area contributed by atoms with Crippen LogP contribution in [-0.2, 0) is 4.74 Å². The predicted molar refractivity (Wildman–Crippen MR) is 112 cm³/mol. The van der Waals surface area contributed by atoms with Crippen LogP contribution in [0, 0.1) is 11.3 Å². The molecule has 0 saturated carbocycles. The normalized spacial score (nSPS) is 14.0. The lowest BCUT2D eigenvalue weighted by atomic mass is 10.1. The third-order valence-electron chi connectivity index (χ3n) is 5.18. The molecule has 0 unspecified atom stereocenters. The molecule has 1 amide bonds. The van der Waals surface area contributed by atoms with Crippen LogP contribution in [0.4, 0.5) is 5.69 Å². The zero-order valence-corrected chi connectivity index (χ0v) is 17.1. The number of rotatable bonds is 5. The fraction of sp³-hybridized carbons (Fsp3) is 0.273. The van der Waals surface area contributed by atoms with Gasteiger partial charge in [-0.3, -0.25) is 4.79 Å². The highest BCUT2D eigenvalue weighted by Gasteiger charge is 2.23. The number of anilines is 1. The van der Waals surface area contributed by atoms with E-state index < -0.39 is 0 Å². The summed E-state index contributed by atoms with van der Waals surface area (Å²) < 4.78 is 14.5. The molecule has 1 saturated heterocycles. The molecule has 1 aliphatic heterocycles. The maximum atomic E-state index is 13.1. The lowest BCUT2D eigenvalue weighted by Gasteiger charge is -2.27. The van der Waals surface area contributed by atoms with Crippen LogP contribution in [0.3, 0.4) is 0 Å². The van der Waals surface area contributed by atoms with Crippen LogP contribution in [0.1, 0.15) is 41.5 Å². The lowest BCUT2D eigenvalue weighted by Crippen LogP contribution is -2.38. The Morgan fingerprint density at radius 3 is 2.84 bits per heavy atom. The quantitative estimate of drug-likeness (QED) is 0.536. The Morgan fingerprint density at radius 2 is 2.13 bits per heavy atom. The number of ether oxygens (including phenoxy) is 2. The number of nitrogens with zero attached hydrogens (tertiary/aromatic N) is 5. The van der Waals surface area contributed by atoms with Crippen LogP contribution < -0.4 is 10.1 Å². The standard InChI is InChI=1S/C22H20N6O3/c1-13(2)18-6-16-7-19(21(10-27(16)26-18)31-17-11-30-12-17)25-22(29)20-4-3-15-5-14(8-23)9-24-28(15)20/h3-7,9-10,13,17H,11-12H2,1-2H3,(H,25,29). The molecule has 0 radical (unpaired) electrons. The number of pyridine rings is 1. The third kappa shape index (κ3) is 3.47. The lowest BCUT2D eigenvalue weighted by molar-refractivity contribution is -0.0795. The zero-order chi connectivity index (χ0) is 21.5. The fourth-order valence-electron chi connectivity index (χ4n) is 3.39. The van der Waals surface area contributed by atoms with E-state index in [9.17, 15) is 4.79 Å². The summed E-state index contributed by atoms with van der Waals surface area (Å²) in [5, 5.41) is 20.8. The number of amides is 1. The summed E-state index contributed by atoms with van der Waals surface area (Å²) in [6.45, 7) is 5.18. The van der Waals surface area contributed by atoms with Crippen molar-refractivity contribution in [3.8, 4) is 11.8 Å². The summed E-state index contributed by atoms with van der Waals surface area (Å²) in [6, 6.07) is 11.0. The second-order valence-corrected chi connectivity index (χ2v) is 7.79. The van der Waals surface area contributed by atoms with Crippen LogP contribution in [-0.4, -0.2) is 44.5 Å². The first-order valence-electron chi connectivity index (χ1n) is 9.99. The summed E-state index contributed by atoms with van der Waals surface area (Å²) in [6.07, 6.45) is 3.15. The Labute approximate surface area is 177 Å². The number of aromatic nitrogens is 4. The first-order valence-corrected chi connectivity index (χ1v) is 9.99. The van der Waals surface area contributed by atoms with Gasteiger partial charge in [0.2, 0.25) is 0 Å². The Morgan fingerprint density at radius 1 is 1.29 bits per heavy atom. The Bertz CT molecular complexity index is 1340. The monoisotopic (exact) mass is 416 g/mol. The van der Waals surface area contributed by atoms with E-state index in [4.69, 9.17) is 14.7 Å². The van der Waals surface area contributed by atoms with Crippen molar-refractivity contribution in [2.24, 2.45) is 0 Å². The van der Waals surface area contributed by atoms with Crippen LogP contribution in [0.25, 0.3) is 11.0 Å². The van der Waals surface area contributed by atoms with E-state index in [2.05, 4.69) is 29.4 Å². The van der Waals surface area contributed by atoms with E-state index in [-0.39, 0.29) is 17.9 Å². The topological polar surface area (TPSA) is 106 Å². The SMILES string of the molecule is CC(C)c1cc2cc(NC(=O)c3ccc4cc(C#N)cnn34)c(OC3COC3)cn2n1. The van der Waals surface area contributed by atoms with E-state index in [0.29, 0.717) is 41.4 Å². The van der Waals surface area contributed by atoms with Gasteiger partial charge in [0.1, 0.15) is 17.9 Å². The molecular formula is C22H20N6O3. The summed E-state index contributed by atoms with van der Waals surface area (Å²) in [5.41, 5.74) is 3.81. The van der Waals surface area contributed by atoms with Gasteiger partial charge >= 0.3 is 0 Å². The number of carbonyl (C=O) groups is 1. The smallest absolute Gasteiger partial charge is 0.274 e. The molecule has 1 fully saturated rings. The molecule has 4 aromatic heterocycles. The molecule has 4 aromatic rings. The van der Waals surface area contributed by atoms with Crippen molar-refractivity contribution in [1.82, 2.24) is 19.2 Å². The van der Waals surface area contributed by atoms with Crippen LogP contribution in [0.2, 0.25) is 0 Å². The van der Waals surface area contributed by atoms with E-state index in [1.807, 2.05) is 18.2 Å². The highest BCUT2D eigenvalue weighted by atomic mass is 16.6. The highest BCUT2D eigenvalue weighted by Crippen LogP contribution is 2.30. The van der Waals surface area contributed by atoms with Gasteiger partial charge in [0.25, 0.3) is 5.91 Å². The molecule has 0 aliphatic carbocycles. The minimum absolute atomic E-state index is 0.0616. The summed E-state index contributed by atoms with van der Waals surface area (Å²) in [5.74, 6) is 0.465. The maximum absolute atomic E-state index is 13.1. The molecule has 9 heteroatoms. The van der Waals surface area contributed by atoms with Gasteiger partial charge in [-0.2, -0.15) is 15.5 Å². The Kier molecular flexibility index (Phi) is 4.56. The molecule has 0 aromatic carbocycles. The first kappa shape index (κ1) is 19.1. The van der Waals surface area contributed by atoms with E-state index >= 15 is 0 Å². The molecule has 0 spiro atoms. The summed E-state index contributed by atoms with van der Waals surface area (Å²) >= 11 is 0. The van der Waals surface area contributed by atoms with Crippen LogP contribution >= 0.6 is 0 Å². The molecular weight excluding hydrogens is 396 g/mol. The molecule has 5 rings (SSSR count). The minimum atomic E-state index is -0.333. The van der Waals surface area contributed by atoms with Crippen molar-refractivity contribution in [3.05, 3.63) is 59.7 Å². The summed E-state index contributed by atoms with van der Waals surface area (Å²) in [4.78, 5) is 13.1. The first-order chi connectivity index (χ1) is 15.0. The van der Waals surface area contributed by atoms with Gasteiger partial charge in [0.15, 0.2) is 5.75 Å². The third-order valence-corrected chi connectivity index (χ3v) is 5.18. The molecule has 0 bridgehead atoms. The summed E-state index contributed by atoms with van der Waals surface area (Å²) in [7, 11) is 0. The van der Waals surface area contributed by atoms with Crippen molar-refractivity contribution in [3.63, 3.8) is 0 Å². The van der Waals surface area contributed by atoms with Gasteiger partial charge in [-0.15, -0.1) is 0 Å². The van der Waals surface area contributed by atoms with Gasteiger partial charge in [-0.25, -0.2) is 9.03 Å². The molecule has 31 heavy (non-hydrogen) atoms. The van der Waals surface area contributed by atoms with Gasteiger partial charge in [0.05, 0.1) is 53.6 Å². The molecule has 1 N–H and O–H groups in total. The van der Waals surface area contributed by atoms with Gasteiger partial charge in [-0.05, 0) is 36.2 Å². The number of fused-ring (bicyclic) bond motifs is 2. The van der Waals surface area contributed by atoms with Gasteiger partial charge in [0, 0.05) is 0 Å². The van der Waals surface area contributed by atoms with Crippen molar-refractivity contribution in [2.45, 2.75) is 25.9 Å². The van der Waals surface area contributed by atoms with Crippen molar-refractivity contribution in [1.29, 1.82) is 5.26 Å².